The van der Waals surface area contributed by atoms with Crippen LogP contribution in [0.15, 0.2) is 22.7 Å². The number of alkyl halides is 3. The molecule has 0 N–H and O–H groups in total. The predicted molar refractivity (Wildman–Crippen MR) is 70.8 cm³/mol. The normalized spacial score (nSPS) is 11.8. The largest absolute Gasteiger partial charge is 0.417 e. The molecule has 0 radical (unpaired) electrons. The standard InChI is InChI=1S/C9H3BrF3IN2S/c10-6-2-1-4(3-5(6)9(11,12)13)7-15-8(14)16-17-7/h1-3H. The molecule has 1 aromatic heterocycles. The number of aromatic nitrogens is 2. The molecule has 0 unspecified atom stereocenters. The Kier molecular flexibility index (Phi) is 3.74. The third-order valence-corrected chi connectivity index (χ3v) is 4.19. The summed E-state index contributed by atoms with van der Waals surface area (Å²) in [4.78, 5) is 4.05. The zero-order chi connectivity index (χ0) is 12.6. The van der Waals surface area contributed by atoms with Gasteiger partial charge in [-0.1, -0.05) is 22.0 Å². The van der Waals surface area contributed by atoms with Crippen molar-refractivity contribution in [2.45, 2.75) is 6.18 Å². The van der Waals surface area contributed by atoms with Crippen molar-refractivity contribution in [3.05, 3.63) is 32.1 Å². The zero-order valence-corrected chi connectivity index (χ0v) is 12.5. The van der Waals surface area contributed by atoms with Crippen molar-refractivity contribution < 1.29 is 13.2 Å². The van der Waals surface area contributed by atoms with Crippen molar-refractivity contribution in [3.63, 3.8) is 0 Å². The first-order valence-electron chi connectivity index (χ1n) is 4.24. The van der Waals surface area contributed by atoms with Gasteiger partial charge in [-0.25, -0.2) is 4.98 Å². The Bertz CT molecular complexity index is 555. The minimum absolute atomic E-state index is 0.0213. The molecular weight excluding hydrogens is 432 g/mol. The van der Waals surface area contributed by atoms with Gasteiger partial charge in [0.05, 0.1) is 5.56 Å². The van der Waals surface area contributed by atoms with Crippen LogP contribution in [0.5, 0.6) is 0 Å². The van der Waals surface area contributed by atoms with Gasteiger partial charge in [-0.3, -0.25) is 0 Å². The molecule has 0 aliphatic heterocycles. The maximum Gasteiger partial charge on any atom is 0.417 e. The lowest BCUT2D eigenvalue weighted by Crippen LogP contribution is -2.06. The van der Waals surface area contributed by atoms with Crippen molar-refractivity contribution in [2.75, 3.05) is 0 Å². The highest BCUT2D eigenvalue weighted by atomic mass is 127. The second-order valence-corrected chi connectivity index (χ2v) is 5.63. The van der Waals surface area contributed by atoms with E-state index in [-0.39, 0.29) is 4.47 Å². The van der Waals surface area contributed by atoms with Gasteiger partial charge in [0.1, 0.15) is 5.01 Å². The number of rotatable bonds is 1. The van der Waals surface area contributed by atoms with Crippen LogP contribution in [0.25, 0.3) is 10.6 Å². The topological polar surface area (TPSA) is 25.8 Å². The summed E-state index contributed by atoms with van der Waals surface area (Å²) in [5.74, 6) is 0. The van der Waals surface area contributed by atoms with Crippen LogP contribution in [0.1, 0.15) is 5.56 Å². The highest BCUT2D eigenvalue weighted by Crippen LogP contribution is 2.37. The van der Waals surface area contributed by atoms with E-state index in [0.717, 1.165) is 17.6 Å². The lowest BCUT2D eigenvalue weighted by atomic mass is 10.1. The molecule has 0 bridgehead atoms. The smallest absolute Gasteiger partial charge is 0.210 e. The molecule has 0 fully saturated rings. The van der Waals surface area contributed by atoms with E-state index in [0.29, 0.717) is 14.4 Å². The molecule has 0 saturated carbocycles. The van der Waals surface area contributed by atoms with E-state index in [1.165, 1.54) is 6.07 Å². The molecule has 1 heterocycles. The number of hydrogen-bond donors (Lipinski definition) is 0. The maximum atomic E-state index is 12.7. The van der Waals surface area contributed by atoms with Crippen molar-refractivity contribution in [3.8, 4) is 10.6 Å². The average molecular weight is 435 g/mol. The van der Waals surface area contributed by atoms with Gasteiger partial charge < -0.3 is 0 Å². The Labute approximate surface area is 121 Å². The van der Waals surface area contributed by atoms with Crippen LogP contribution in [-0.4, -0.2) is 9.36 Å². The Morgan fingerprint density at radius 2 is 2.00 bits per heavy atom. The fraction of sp³-hybridized carbons (Fsp3) is 0.111. The van der Waals surface area contributed by atoms with Crippen molar-refractivity contribution >= 4 is 50.1 Å². The fourth-order valence-electron chi connectivity index (χ4n) is 1.20. The summed E-state index contributed by atoms with van der Waals surface area (Å²) in [5.41, 5.74) is -0.291. The van der Waals surface area contributed by atoms with Gasteiger partial charge in [-0.2, -0.15) is 17.5 Å². The predicted octanol–water partition coefficient (Wildman–Crippen LogP) is 4.59. The summed E-state index contributed by atoms with van der Waals surface area (Å²) in [6, 6.07) is 4.02. The van der Waals surface area contributed by atoms with Crippen LogP contribution in [0.4, 0.5) is 13.2 Å². The molecule has 1 aromatic carbocycles. The number of nitrogens with zero attached hydrogens (tertiary/aromatic N) is 2. The molecule has 0 aliphatic carbocycles. The summed E-state index contributed by atoms with van der Waals surface area (Å²) in [5, 5.41) is 0.479. The molecule has 0 spiro atoms. The maximum absolute atomic E-state index is 12.7. The van der Waals surface area contributed by atoms with Gasteiger partial charge >= 0.3 is 6.18 Å². The summed E-state index contributed by atoms with van der Waals surface area (Å²) in [6.07, 6.45) is -4.38. The highest BCUT2D eigenvalue weighted by Gasteiger charge is 2.33. The molecule has 2 aromatic rings. The third kappa shape index (κ3) is 2.97. The van der Waals surface area contributed by atoms with E-state index in [9.17, 15) is 13.2 Å². The minimum Gasteiger partial charge on any atom is -0.210 e. The van der Waals surface area contributed by atoms with Crippen molar-refractivity contribution in [2.24, 2.45) is 0 Å². The van der Waals surface area contributed by atoms with E-state index in [1.807, 2.05) is 22.6 Å². The SMILES string of the molecule is FC(F)(F)c1cc(-c2nc(I)ns2)ccc1Br. The molecule has 0 saturated heterocycles. The third-order valence-electron chi connectivity index (χ3n) is 1.92. The van der Waals surface area contributed by atoms with E-state index in [1.54, 1.807) is 6.07 Å². The zero-order valence-electron chi connectivity index (χ0n) is 7.92. The van der Waals surface area contributed by atoms with Gasteiger partial charge in [-0.05, 0) is 23.7 Å². The average Bonchev–Trinajstić information content (AvgIpc) is 2.64. The van der Waals surface area contributed by atoms with Gasteiger partial charge in [0.25, 0.3) is 0 Å². The van der Waals surface area contributed by atoms with Gasteiger partial charge in [0, 0.05) is 32.6 Å². The number of benzene rings is 1. The molecule has 8 heteroatoms. The minimum atomic E-state index is -4.38. The van der Waals surface area contributed by atoms with Crippen LogP contribution >= 0.6 is 50.1 Å². The summed E-state index contributed by atoms with van der Waals surface area (Å²) >= 11 is 5.88. The van der Waals surface area contributed by atoms with E-state index < -0.39 is 11.7 Å². The Morgan fingerprint density at radius 3 is 2.53 bits per heavy atom. The highest BCUT2D eigenvalue weighted by molar-refractivity contribution is 14.1. The molecule has 2 rings (SSSR count). The van der Waals surface area contributed by atoms with Gasteiger partial charge in [0.15, 0.2) is 0 Å². The second kappa shape index (κ2) is 4.81. The quantitative estimate of drug-likeness (QED) is 0.613. The first-order valence-corrected chi connectivity index (χ1v) is 6.89. The Hall–Kier alpha value is -0.220. The lowest BCUT2D eigenvalue weighted by molar-refractivity contribution is -0.138. The van der Waals surface area contributed by atoms with Crippen LogP contribution in [0, 0.1) is 3.83 Å². The van der Waals surface area contributed by atoms with Crippen LogP contribution in [-0.2, 0) is 6.18 Å². The summed E-state index contributed by atoms with van der Waals surface area (Å²) < 4.78 is 42.5. The van der Waals surface area contributed by atoms with Gasteiger partial charge in [-0.15, -0.1) is 0 Å². The summed E-state index contributed by atoms with van der Waals surface area (Å²) in [6.45, 7) is 0. The summed E-state index contributed by atoms with van der Waals surface area (Å²) in [7, 11) is 0. The van der Waals surface area contributed by atoms with Crippen molar-refractivity contribution in [1.29, 1.82) is 0 Å². The lowest BCUT2D eigenvalue weighted by Gasteiger charge is -2.09. The first kappa shape index (κ1) is 13.2. The molecule has 0 amide bonds. The van der Waals surface area contributed by atoms with E-state index in [2.05, 4.69) is 25.3 Å². The molecule has 2 nitrogen and oxygen atoms in total. The van der Waals surface area contributed by atoms with Crippen LogP contribution < -0.4 is 0 Å². The first-order chi connectivity index (χ1) is 7.88. The van der Waals surface area contributed by atoms with Crippen molar-refractivity contribution in [1.82, 2.24) is 9.36 Å². The monoisotopic (exact) mass is 434 g/mol. The van der Waals surface area contributed by atoms with Crippen LogP contribution in [0.2, 0.25) is 0 Å². The Morgan fingerprint density at radius 1 is 1.29 bits per heavy atom. The Balaban J connectivity index is 2.51. The van der Waals surface area contributed by atoms with Crippen LogP contribution in [0.3, 0.4) is 0 Å². The molecule has 0 aliphatic rings. The molecule has 17 heavy (non-hydrogen) atoms. The molecular formula is C9H3BrF3IN2S. The number of halogens is 5. The van der Waals surface area contributed by atoms with Gasteiger partial charge in [0.2, 0.25) is 3.83 Å². The molecule has 0 atom stereocenters. The number of hydrogen-bond acceptors (Lipinski definition) is 3. The van der Waals surface area contributed by atoms with E-state index >= 15 is 0 Å². The molecule has 90 valence electrons. The fourth-order valence-corrected chi connectivity index (χ4v) is 2.93. The van der Waals surface area contributed by atoms with E-state index in [4.69, 9.17) is 0 Å². The second-order valence-electron chi connectivity index (χ2n) is 3.06.